The van der Waals surface area contributed by atoms with Crippen LogP contribution in [0.2, 0.25) is 0 Å². The van der Waals surface area contributed by atoms with Crippen LogP contribution in [0.4, 0.5) is 52.7 Å². The molecule has 0 saturated heterocycles. The van der Waals surface area contributed by atoms with Crippen molar-refractivity contribution in [3.8, 4) is 0 Å². The average Bonchev–Trinajstić information content (AvgIpc) is 2.66. The van der Waals surface area contributed by atoms with Gasteiger partial charge in [0.25, 0.3) is 11.2 Å². The van der Waals surface area contributed by atoms with Crippen molar-refractivity contribution in [3.63, 3.8) is 0 Å². The summed E-state index contributed by atoms with van der Waals surface area (Å²) in [5.74, 6) is -0.329. The summed E-state index contributed by atoms with van der Waals surface area (Å²) in [7, 11) is 0. The lowest BCUT2D eigenvalue weighted by atomic mass is 9.96. The van der Waals surface area contributed by atoms with E-state index >= 15 is 0 Å². The number of alkyl halides is 12. The molecule has 0 fully saturated rings. The molecule has 0 aromatic heterocycles. The first-order valence-corrected chi connectivity index (χ1v) is 9.22. The maximum Gasteiger partial charge on any atom is 0.426 e. The van der Waals surface area contributed by atoms with E-state index in [1.807, 2.05) is 0 Å². The van der Waals surface area contributed by atoms with E-state index in [2.05, 4.69) is 22.6 Å². The Morgan fingerprint density at radius 3 is 1.25 bits per heavy atom. The van der Waals surface area contributed by atoms with Crippen molar-refractivity contribution in [3.05, 3.63) is 25.7 Å². The highest BCUT2D eigenvalue weighted by molar-refractivity contribution is 5.66. The van der Waals surface area contributed by atoms with Crippen LogP contribution in [0.15, 0.2) is 25.7 Å². The van der Waals surface area contributed by atoms with Crippen LogP contribution in [0.25, 0.3) is 0 Å². The monoisotopic (exact) mass is 564 g/mol. The average molecular weight is 564 g/mol. The number of hydrogen-bond donors (Lipinski definition) is 3. The van der Waals surface area contributed by atoms with Crippen molar-refractivity contribution < 1.29 is 82.3 Å². The van der Waals surface area contributed by atoms with Crippen molar-refractivity contribution in [2.75, 3.05) is 13.2 Å². The Balaban J connectivity index is -0.000000497. The molecule has 0 radical (unpaired) electrons. The van der Waals surface area contributed by atoms with Crippen LogP contribution < -0.4 is 0 Å². The maximum absolute atomic E-state index is 12.1. The zero-order chi connectivity index (χ0) is 29.6. The van der Waals surface area contributed by atoms with Gasteiger partial charge in [0, 0.05) is 13.5 Å². The fourth-order valence-electron chi connectivity index (χ4n) is 1.84. The van der Waals surface area contributed by atoms with Crippen molar-refractivity contribution in [2.45, 2.75) is 68.5 Å². The van der Waals surface area contributed by atoms with Gasteiger partial charge in [0.1, 0.15) is 0 Å². The summed E-state index contributed by atoms with van der Waals surface area (Å²) in [6.07, 6.45) is -25.6. The molecule has 0 bridgehead atoms. The summed E-state index contributed by atoms with van der Waals surface area (Å²) < 4.78 is 152. The predicted octanol–water partition coefficient (Wildman–Crippen LogP) is 5.09. The molecular weight excluding hydrogens is 540 g/mol. The third kappa shape index (κ3) is 12.7. The van der Waals surface area contributed by atoms with E-state index in [-0.39, 0.29) is 12.6 Å². The van der Waals surface area contributed by atoms with Gasteiger partial charge in [-0.15, -0.1) is 0 Å². The van der Waals surface area contributed by atoms with E-state index in [9.17, 15) is 57.5 Å². The number of halogens is 12. The molecule has 0 amide bonds. The quantitative estimate of drug-likeness (QED) is 0.156. The van der Waals surface area contributed by atoms with Gasteiger partial charge in [-0.2, -0.15) is 52.7 Å². The summed E-state index contributed by atoms with van der Waals surface area (Å²) in [5, 5.41) is 25.2. The lowest BCUT2D eigenvalue weighted by Gasteiger charge is -2.32. The first-order valence-electron chi connectivity index (χ1n) is 9.22. The third-order valence-electron chi connectivity index (χ3n) is 3.74. The summed E-state index contributed by atoms with van der Waals surface area (Å²) in [6, 6.07) is 0. The molecule has 6 nitrogen and oxygen atoms in total. The second-order valence-electron chi connectivity index (χ2n) is 6.46. The molecule has 0 aliphatic rings. The van der Waals surface area contributed by atoms with E-state index in [1.54, 1.807) is 0 Å². The minimum atomic E-state index is -5.79. The molecule has 0 aromatic rings. The normalized spacial score (nSPS) is 12.9. The summed E-state index contributed by atoms with van der Waals surface area (Å²) in [6.45, 7) is 6.31. The number of hydrogen-bond acceptors (Lipinski definition) is 6. The minimum absolute atomic E-state index is 0.329. The molecule has 0 rings (SSSR count). The third-order valence-corrected chi connectivity index (χ3v) is 3.74. The van der Waals surface area contributed by atoms with Gasteiger partial charge in [-0.1, -0.05) is 13.2 Å². The number of carbonyl (C=O) groups is 1. The van der Waals surface area contributed by atoms with Gasteiger partial charge in [0.2, 0.25) is 0 Å². The van der Waals surface area contributed by atoms with Crippen LogP contribution >= 0.6 is 0 Å². The van der Waals surface area contributed by atoms with Crippen LogP contribution in [0.3, 0.4) is 0 Å². The minimum Gasteiger partial charge on any atom is -0.502 e. The Labute approximate surface area is 196 Å². The SMILES string of the molecule is C=COC(C)=O.C=COCCCC(O)(C(F)(F)F)C(F)(F)F.OCCCC(O)(C(F)(F)F)C(F)(F)F. The van der Waals surface area contributed by atoms with Crippen LogP contribution in [-0.4, -0.2) is 70.4 Å². The van der Waals surface area contributed by atoms with Crippen LogP contribution in [0, 0.1) is 0 Å². The lowest BCUT2D eigenvalue weighted by Crippen LogP contribution is -2.56. The largest absolute Gasteiger partial charge is 0.502 e. The Morgan fingerprint density at radius 2 is 1.06 bits per heavy atom. The molecule has 18 heteroatoms. The summed E-state index contributed by atoms with van der Waals surface area (Å²) in [5.41, 5.74) is -9.42. The van der Waals surface area contributed by atoms with Crippen LogP contribution in [0.1, 0.15) is 32.6 Å². The van der Waals surface area contributed by atoms with E-state index < -0.39 is 68.2 Å². The van der Waals surface area contributed by atoms with Gasteiger partial charge in [-0.25, -0.2) is 0 Å². The molecule has 0 atom stereocenters. The number of esters is 1. The van der Waals surface area contributed by atoms with E-state index in [0.29, 0.717) is 0 Å². The Hall–Kier alpha value is -2.21. The molecular formula is C18H24F12O6. The molecule has 0 spiro atoms. The number of carbonyl (C=O) groups excluding carboxylic acids is 1. The van der Waals surface area contributed by atoms with E-state index in [1.165, 1.54) is 6.92 Å². The predicted molar refractivity (Wildman–Crippen MR) is 97.8 cm³/mol. The molecule has 3 N–H and O–H groups in total. The standard InChI is InChI=1S/C8H10F6O2.C6H8F6O2.C4H6O2/c1-2-16-5-3-4-6(15,7(9,10)11)8(12,13)14;7-5(8,9)4(14,2-1-3-13)6(10,11)12;1-3-6-4(2)5/h2,15H,1,3-5H2;13-14H,1-3H2;3H,1H2,2H3. The van der Waals surface area contributed by atoms with E-state index in [4.69, 9.17) is 15.3 Å². The summed E-state index contributed by atoms with van der Waals surface area (Å²) >= 11 is 0. The molecule has 0 aromatic carbocycles. The van der Waals surface area contributed by atoms with Gasteiger partial charge in [0.05, 0.1) is 19.1 Å². The summed E-state index contributed by atoms with van der Waals surface area (Å²) in [4.78, 5) is 9.75. The number of rotatable bonds is 9. The topological polar surface area (TPSA) is 96.2 Å². The fraction of sp³-hybridized carbons (Fsp3) is 0.722. The highest BCUT2D eigenvalue weighted by Gasteiger charge is 2.70. The van der Waals surface area contributed by atoms with Crippen LogP contribution in [-0.2, 0) is 14.3 Å². The zero-order valence-corrected chi connectivity index (χ0v) is 18.4. The fourth-order valence-corrected chi connectivity index (χ4v) is 1.84. The maximum atomic E-state index is 12.1. The number of aliphatic hydroxyl groups excluding tert-OH is 1. The van der Waals surface area contributed by atoms with Crippen molar-refractivity contribution in [2.24, 2.45) is 0 Å². The molecule has 0 aliphatic carbocycles. The highest BCUT2D eigenvalue weighted by Crippen LogP contribution is 2.46. The highest BCUT2D eigenvalue weighted by atomic mass is 19.4. The van der Waals surface area contributed by atoms with Crippen LogP contribution in [0.5, 0.6) is 0 Å². The molecule has 0 aliphatic heterocycles. The number of ether oxygens (including phenoxy) is 2. The smallest absolute Gasteiger partial charge is 0.426 e. The van der Waals surface area contributed by atoms with Gasteiger partial charge >= 0.3 is 30.7 Å². The molecule has 0 unspecified atom stereocenters. The second kappa shape index (κ2) is 15.1. The molecule has 216 valence electrons. The van der Waals surface area contributed by atoms with Crippen molar-refractivity contribution in [1.29, 1.82) is 0 Å². The molecule has 0 saturated carbocycles. The first kappa shape index (κ1) is 38.3. The molecule has 36 heavy (non-hydrogen) atoms. The van der Waals surface area contributed by atoms with Crippen molar-refractivity contribution in [1.82, 2.24) is 0 Å². The number of aliphatic hydroxyl groups is 3. The van der Waals surface area contributed by atoms with E-state index in [0.717, 1.165) is 12.5 Å². The second-order valence-corrected chi connectivity index (χ2v) is 6.46. The Bertz CT molecular complexity index is 625. The van der Waals surface area contributed by atoms with Gasteiger partial charge < -0.3 is 24.8 Å². The van der Waals surface area contributed by atoms with Crippen molar-refractivity contribution >= 4 is 5.97 Å². The van der Waals surface area contributed by atoms with Gasteiger partial charge in [0.15, 0.2) is 0 Å². The van der Waals surface area contributed by atoms with Gasteiger partial charge in [-0.3, -0.25) is 4.79 Å². The molecule has 0 heterocycles. The Kier molecular flexibility index (Phi) is 16.1. The Morgan fingerprint density at radius 1 is 0.722 bits per heavy atom. The van der Waals surface area contributed by atoms with Gasteiger partial charge in [-0.05, 0) is 25.7 Å². The lowest BCUT2D eigenvalue weighted by molar-refractivity contribution is -0.370. The first-order chi connectivity index (χ1) is 15.9. The zero-order valence-electron chi connectivity index (χ0n) is 18.4.